The number of para-hydroxylation sites is 2. The highest BCUT2D eigenvalue weighted by Crippen LogP contribution is 2.26. The molecule has 0 aliphatic carbocycles. The summed E-state index contributed by atoms with van der Waals surface area (Å²) in [7, 11) is 1.81. The van der Waals surface area contributed by atoms with Gasteiger partial charge in [0.25, 0.3) is 5.91 Å². The summed E-state index contributed by atoms with van der Waals surface area (Å²) in [6.45, 7) is 9.86. The SMILES string of the molecule is Cc1cc(C)c(C)c(Cn2c(CN(C)C(=O)c3cccnc3)nc3ccccc32)c1C. The molecular weight excluding hydrogens is 384 g/mol. The van der Waals surface area contributed by atoms with Crippen LogP contribution in [0.5, 0.6) is 0 Å². The lowest BCUT2D eigenvalue weighted by molar-refractivity contribution is 0.0780. The number of pyridine rings is 1. The Labute approximate surface area is 183 Å². The number of benzene rings is 2. The lowest BCUT2D eigenvalue weighted by atomic mass is 9.94. The van der Waals surface area contributed by atoms with Gasteiger partial charge in [0.15, 0.2) is 0 Å². The van der Waals surface area contributed by atoms with Crippen molar-refractivity contribution in [3.8, 4) is 0 Å². The van der Waals surface area contributed by atoms with Gasteiger partial charge in [-0.2, -0.15) is 0 Å². The second kappa shape index (κ2) is 8.34. The minimum Gasteiger partial charge on any atom is -0.334 e. The fourth-order valence-corrected chi connectivity index (χ4v) is 4.11. The first kappa shape index (κ1) is 20.8. The van der Waals surface area contributed by atoms with Gasteiger partial charge >= 0.3 is 0 Å². The number of carbonyl (C=O) groups excluding carboxylic acids is 1. The molecule has 0 radical (unpaired) electrons. The van der Waals surface area contributed by atoms with E-state index in [1.807, 2.05) is 25.2 Å². The molecule has 158 valence electrons. The molecule has 2 heterocycles. The van der Waals surface area contributed by atoms with Gasteiger partial charge < -0.3 is 9.47 Å². The molecule has 4 aromatic rings. The van der Waals surface area contributed by atoms with Gasteiger partial charge in [-0.15, -0.1) is 0 Å². The summed E-state index contributed by atoms with van der Waals surface area (Å²) in [5.74, 6) is 0.810. The van der Waals surface area contributed by atoms with Gasteiger partial charge in [0.05, 0.1) is 23.1 Å². The zero-order chi connectivity index (χ0) is 22.1. The highest BCUT2D eigenvalue weighted by molar-refractivity contribution is 5.93. The normalized spacial score (nSPS) is 11.1. The van der Waals surface area contributed by atoms with Gasteiger partial charge in [-0.3, -0.25) is 9.78 Å². The number of aryl methyl sites for hydroxylation is 2. The third kappa shape index (κ3) is 3.96. The molecular formula is C26H28N4O. The number of hydrogen-bond acceptors (Lipinski definition) is 3. The maximum atomic E-state index is 12.9. The maximum absolute atomic E-state index is 12.9. The lowest BCUT2D eigenvalue weighted by Crippen LogP contribution is -2.28. The molecule has 0 fully saturated rings. The fourth-order valence-electron chi connectivity index (χ4n) is 4.11. The quantitative estimate of drug-likeness (QED) is 0.464. The van der Waals surface area contributed by atoms with Gasteiger partial charge in [-0.05, 0) is 79.8 Å². The zero-order valence-electron chi connectivity index (χ0n) is 18.8. The first-order valence-corrected chi connectivity index (χ1v) is 10.5. The van der Waals surface area contributed by atoms with Gasteiger partial charge in [0.1, 0.15) is 5.82 Å². The van der Waals surface area contributed by atoms with Crippen LogP contribution in [-0.4, -0.2) is 32.4 Å². The summed E-state index contributed by atoms with van der Waals surface area (Å²) in [6, 6.07) is 14.0. The largest absolute Gasteiger partial charge is 0.334 e. The first-order chi connectivity index (χ1) is 14.9. The van der Waals surface area contributed by atoms with Crippen molar-refractivity contribution in [2.75, 3.05) is 7.05 Å². The molecule has 0 unspecified atom stereocenters. The second-order valence-electron chi connectivity index (χ2n) is 8.24. The van der Waals surface area contributed by atoms with E-state index in [1.165, 1.54) is 27.8 Å². The Morgan fingerprint density at radius 1 is 1.00 bits per heavy atom. The molecule has 0 N–H and O–H groups in total. The molecule has 0 saturated heterocycles. The second-order valence-corrected chi connectivity index (χ2v) is 8.24. The molecule has 5 heteroatoms. The van der Waals surface area contributed by atoms with Crippen LogP contribution in [-0.2, 0) is 13.1 Å². The highest BCUT2D eigenvalue weighted by Gasteiger charge is 2.19. The van der Waals surface area contributed by atoms with E-state index in [-0.39, 0.29) is 5.91 Å². The van der Waals surface area contributed by atoms with Crippen molar-refractivity contribution in [3.05, 3.63) is 94.1 Å². The van der Waals surface area contributed by atoms with E-state index in [4.69, 9.17) is 4.98 Å². The number of imidazole rings is 1. The smallest absolute Gasteiger partial charge is 0.255 e. The molecule has 0 aliphatic rings. The molecule has 0 spiro atoms. The van der Waals surface area contributed by atoms with Gasteiger partial charge in [-0.25, -0.2) is 4.98 Å². The van der Waals surface area contributed by atoms with Crippen LogP contribution in [0.2, 0.25) is 0 Å². The van der Waals surface area contributed by atoms with Gasteiger partial charge in [0.2, 0.25) is 0 Å². The van der Waals surface area contributed by atoms with Gasteiger partial charge in [0, 0.05) is 26.0 Å². The predicted octanol–water partition coefficient (Wildman–Crippen LogP) is 4.99. The third-order valence-corrected chi connectivity index (χ3v) is 6.20. The summed E-state index contributed by atoms with van der Waals surface area (Å²) in [6.07, 6.45) is 3.27. The molecule has 2 aromatic carbocycles. The van der Waals surface area contributed by atoms with E-state index in [9.17, 15) is 4.79 Å². The van der Waals surface area contributed by atoms with Crippen molar-refractivity contribution in [3.63, 3.8) is 0 Å². The number of fused-ring (bicyclic) bond motifs is 1. The molecule has 0 bridgehead atoms. The van der Waals surface area contributed by atoms with Crippen molar-refractivity contribution in [1.82, 2.24) is 19.4 Å². The minimum atomic E-state index is -0.0644. The van der Waals surface area contributed by atoms with E-state index < -0.39 is 0 Å². The average molecular weight is 413 g/mol. The van der Waals surface area contributed by atoms with Crippen LogP contribution in [0.25, 0.3) is 11.0 Å². The monoisotopic (exact) mass is 412 g/mol. The Hall–Kier alpha value is -3.47. The first-order valence-electron chi connectivity index (χ1n) is 10.5. The molecule has 0 saturated carbocycles. The lowest BCUT2D eigenvalue weighted by Gasteiger charge is -2.20. The third-order valence-electron chi connectivity index (χ3n) is 6.20. The van der Waals surface area contributed by atoms with E-state index in [2.05, 4.69) is 49.4 Å². The molecule has 0 atom stereocenters. The summed E-state index contributed by atoms with van der Waals surface area (Å²) in [4.78, 5) is 23.5. The van der Waals surface area contributed by atoms with E-state index in [0.717, 1.165) is 23.4 Å². The number of hydrogen-bond donors (Lipinski definition) is 0. The molecule has 2 aromatic heterocycles. The van der Waals surface area contributed by atoms with Crippen LogP contribution >= 0.6 is 0 Å². The Morgan fingerprint density at radius 3 is 2.39 bits per heavy atom. The van der Waals surface area contributed by atoms with Crippen LogP contribution < -0.4 is 0 Å². The zero-order valence-corrected chi connectivity index (χ0v) is 18.8. The van der Waals surface area contributed by atoms with Gasteiger partial charge in [-0.1, -0.05) is 18.2 Å². The highest BCUT2D eigenvalue weighted by atomic mass is 16.2. The molecule has 1 amide bonds. The van der Waals surface area contributed by atoms with Crippen molar-refractivity contribution in [2.24, 2.45) is 0 Å². The summed E-state index contributed by atoms with van der Waals surface area (Å²) >= 11 is 0. The summed E-state index contributed by atoms with van der Waals surface area (Å²) in [5, 5.41) is 0. The number of amides is 1. The molecule has 0 aliphatic heterocycles. The number of nitrogens with zero attached hydrogens (tertiary/aromatic N) is 4. The Morgan fingerprint density at radius 2 is 1.71 bits per heavy atom. The van der Waals surface area contributed by atoms with E-state index in [1.54, 1.807) is 29.4 Å². The fraction of sp³-hybridized carbons (Fsp3) is 0.269. The van der Waals surface area contributed by atoms with Crippen LogP contribution in [0, 0.1) is 27.7 Å². The number of carbonyl (C=O) groups is 1. The van der Waals surface area contributed by atoms with Crippen LogP contribution in [0.15, 0.2) is 54.9 Å². The number of aromatic nitrogens is 3. The van der Waals surface area contributed by atoms with Crippen molar-refractivity contribution >= 4 is 16.9 Å². The van der Waals surface area contributed by atoms with Crippen LogP contribution in [0.3, 0.4) is 0 Å². The van der Waals surface area contributed by atoms with Crippen molar-refractivity contribution in [1.29, 1.82) is 0 Å². The van der Waals surface area contributed by atoms with Crippen LogP contribution in [0.1, 0.15) is 44.0 Å². The molecule has 31 heavy (non-hydrogen) atoms. The molecule has 5 nitrogen and oxygen atoms in total. The topological polar surface area (TPSA) is 51.0 Å². The number of rotatable bonds is 5. The van der Waals surface area contributed by atoms with E-state index in [0.29, 0.717) is 12.1 Å². The maximum Gasteiger partial charge on any atom is 0.255 e. The van der Waals surface area contributed by atoms with Crippen molar-refractivity contribution < 1.29 is 4.79 Å². The Balaban J connectivity index is 1.75. The predicted molar refractivity (Wildman–Crippen MR) is 124 cm³/mol. The average Bonchev–Trinajstić information content (AvgIpc) is 3.12. The van der Waals surface area contributed by atoms with Crippen molar-refractivity contribution in [2.45, 2.75) is 40.8 Å². The minimum absolute atomic E-state index is 0.0644. The summed E-state index contributed by atoms with van der Waals surface area (Å²) < 4.78 is 2.25. The van der Waals surface area contributed by atoms with E-state index >= 15 is 0 Å². The Bertz CT molecular complexity index is 1230. The summed E-state index contributed by atoms with van der Waals surface area (Å²) in [5.41, 5.74) is 9.15. The molecule has 4 rings (SSSR count). The standard InChI is InChI=1S/C26H28N4O/c1-17-13-18(2)20(4)22(19(17)3)15-30-24-11-7-6-10-23(24)28-25(30)16-29(5)26(31)21-9-8-12-27-14-21/h6-14H,15-16H2,1-5H3. The van der Waals surface area contributed by atoms with Crippen LogP contribution in [0.4, 0.5) is 0 Å². The Kier molecular flexibility index (Phi) is 5.59.